The lowest BCUT2D eigenvalue weighted by atomic mass is 10.2. The Bertz CT molecular complexity index is 496. The molecule has 0 N–H and O–H groups in total. The van der Waals surface area contributed by atoms with Crippen LogP contribution in [-0.4, -0.2) is 0 Å². The minimum absolute atomic E-state index is 0.248. The second-order valence-corrected chi connectivity index (χ2v) is 5.21. The van der Waals surface area contributed by atoms with E-state index in [2.05, 4.69) is 0 Å². The third-order valence-corrected chi connectivity index (χ3v) is 3.36. The first-order chi connectivity index (χ1) is 7.65. The zero-order valence-corrected chi connectivity index (χ0v) is 10.2. The largest absolute Gasteiger partial charge is 0.488 e. The number of hydrogen-bond donors (Lipinski definition) is 0. The SMILES string of the molecule is Cc1ccc(OCc2ccc(Cl)s2)cc1F. The van der Waals surface area contributed by atoms with Crippen molar-refractivity contribution in [2.75, 3.05) is 0 Å². The Kier molecular flexibility index (Phi) is 3.46. The number of ether oxygens (including phenoxy) is 1. The van der Waals surface area contributed by atoms with E-state index in [-0.39, 0.29) is 5.82 Å². The second kappa shape index (κ2) is 4.85. The van der Waals surface area contributed by atoms with Crippen LogP contribution in [-0.2, 0) is 6.61 Å². The molecule has 1 aromatic heterocycles. The quantitative estimate of drug-likeness (QED) is 0.790. The predicted octanol–water partition coefficient (Wildman–Crippen LogP) is 4.43. The summed E-state index contributed by atoms with van der Waals surface area (Å²) in [5.74, 6) is 0.286. The van der Waals surface area contributed by atoms with Gasteiger partial charge in [0.15, 0.2) is 0 Å². The zero-order chi connectivity index (χ0) is 11.5. The van der Waals surface area contributed by atoms with Crippen LogP contribution in [0, 0.1) is 12.7 Å². The summed E-state index contributed by atoms with van der Waals surface area (Å²) in [6.45, 7) is 2.14. The van der Waals surface area contributed by atoms with Crippen molar-refractivity contribution >= 4 is 22.9 Å². The summed E-state index contributed by atoms with van der Waals surface area (Å²) in [5.41, 5.74) is 0.617. The van der Waals surface area contributed by atoms with E-state index >= 15 is 0 Å². The minimum Gasteiger partial charge on any atom is -0.488 e. The molecule has 84 valence electrons. The molecule has 0 aliphatic heterocycles. The molecule has 2 aromatic rings. The maximum Gasteiger partial charge on any atom is 0.129 e. The van der Waals surface area contributed by atoms with Crippen molar-refractivity contribution < 1.29 is 9.13 Å². The standard InChI is InChI=1S/C12H10ClFOS/c1-8-2-3-9(6-11(8)14)15-7-10-4-5-12(13)16-10/h2-6H,7H2,1H3. The van der Waals surface area contributed by atoms with Crippen molar-refractivity contribution in [1.29, 1.82) is 0 Å². The highest BCUT2D eigenvalue weighted by atomic mass is 35.5. The van der Waals surface area contributed by atoms with Gasteiger partial charge in [0.1, 0.15) is 18.2 Å². The lowest BCUT2D eigenvalue weighted by Gasteiger charge is -2.05. The number of benzene rings is 1. The van der Waals surface area contributed by atoms with Gasteiger partial charge in [-0.1, -0.05) is 17.7 Å². The van der Waals surface area contributed by atoms with Gasteiger partial charge in [-0.2, -0.15) is 0 Å². The van der Waals surface area contributed by atoms with Crippen LogP contribution in [0.1, 0.15) is 10.4 Å². The summed E-state index contributed by atoms with van der Waals surface area (Å²) in [6, 6.07) is 8.57. The maximum atomic E-state index is 13.2. The van der Waals surface area contributed by atoms with Gasteiger partial charge in [0.2, 0.25) is 0 Å². The Hall–Kier alpha value is -1.06. The van der Waals surface area contributed by atoms with E-state index in [9.17, 15) is 4.39 Å². The van der Waals surface area contributed by atoms with E-state index in [1.54, 1.807) is 19.1 Å². The van der Waals surface area contributed by atoms with Crippen LogP contribution < -0.4 is 4.74 Å². The molecule has 4 heteroatoms. The molecule has 2 rings (SSSR count). The highest BCUT2D eigenvalue weighted by Crippen LogP contribution is 2.23. The van der Waals surface area contributed by atoms with Gasteiger partial charge in [-0.3, -0.25) is 0 Å². The van der Waals surface area contributed by atoms with Crippen LogP contribution in [0.15, 0.2) is 30.3 Å². The molecular weight excluding hydrogens is 247 g/mol. The molecule has 0 fully saturated rings. The second-order valence-electron chi connectivity index (χ2n) is 3.41. The fourth-order valence-electron chi connectivity index (χ4n) is 1.25. The third-order valence-electron chi connectivity index (χ3n) is 2.15. The molecule has 0 unspecified atom stereocenters. The van der Waals surface area contributed by atoms with E-state index in [0.29, 0.717) is 17.9 Å². The van der Waals surface area contributed by atoms with Crippen LogP contribution in [0.25, 0.3) is 0 Å². The summed E-state index contributed by atoms with van der Waals surface area (Å²) >= 11 is 7.25. The lowest BCUT2D eigenvalue weighted by molar-refractivity contribution is 0.308. The van der Waals surface area contributed by atoms with Crippen molar-refractivity contribution in [3.05, 3.63) is 50.9 Å². The number of rotatable bonds is 3. The van der Waals surface area contributed by atoms with Crippen molar-refractivity contribution in [3.8, 4) is 5.75 Å². The van der Waals surface area contributed by atoms with Crippen molar-refractivity contribution in [1.82, 2.24) is 0 Å². The summed E-state index contributed by atoms with van der Waals surface area (Å²) in [5, 5.41) is 0. The van der Waals surface area contributed by atoms with Crippen LogP contribution >= 0.6 is 22.9 Å². The molecule has 0 aliphatic rings. The monoisotopic (exact) mass is 256 g/mol. The molecule has 1 heterocycles. The fourth-order valence-corrected chi connectivity index (χ4v) is 2.25. The van der Waals surface area contributed by atoms with Gasteiger partial charge in [0.25, 0.3) is 0 Å². The average molecular weight is 257 g/mol. The molecule has 0 spiro atoms. The number of hydrogen-bond acceptors (Lipinski definition) is 2. The Morgan fingerprint density at radius 3 is 2.75 bits per heavy atom. The molecule has 0 saturated carbocycles. The molecule has 0 bridgehead atoms. The molecule has 1 aromatic carbocycles. The zero-order valence-electron chi connectivity index (χ0n) is 8.67. The van der Waals surface area contributed by atoms with Crippen LogP contribution in [0.4, 0.5) is 4.39 Å². The molecule has 1 nitrogen and oxygen atoms in total. The van der Waals surface area contributed by atoms with Crippen molar-refractivity contribution in [3.63, 3.8) is 0 Å². The Balaban J connectivity index is 2.02. The molecule has 0 atom stereocenters. The van der Waals surface area contributed by atoms with Crippen molar-refractivity contribution in [2.45, 2.75) is 13.5 Å². The molecule has 0 saturated heterocycles. The van der Waals surface area contributed by atoms with Gasteiger partial charge >= 0.3 is 0 Å². The van der Waals surface area contributed by atoms with Crippen molar-refractivity contribution in [2.24, 2.45) is 0 Å². The topological polar surface area (TPSA) is 9.23 Å². The lowest BCUT2D eigenvalue weighted by Crippen LogP contribution is -1.93. The van der Waals surface area contributed by atoms with Gasteiger partial charge in [-0.05, 0) is 30.7 Å². The molecular formula is C12H10ClFOS. The highest BCUT2D eigenvalue weighted by molar-refractivity contribution is 7.16. The average Bonchev–Trinajstić information content (AvgIpc) is 2.66. The van der Waals surface area contributed by atoms with Crippen LogP contribution in [0.3, 0.4) is 0 Å². The molecule has 0 radical (unpaired) electrons. The number of halogens is 2. The maximum absolute atomic E-state index is 13.2. The normalized spacial score (nSPS) is 10.4. The summed E-state index contributed by atoms with van der Waals surface area (Å²) < 4.78 is 19.4. The van der Waals surface area contributed by atoms with Gasteiger partial charge in [-0.15, -0.1) is 11.3 Å². The first kappa shape index (κ1) is 11.4. The molecule has 16 heavy (non-hydrogen) atoms. The first-order valence-electron chi connectivity index (χ1n) is 4.78. The van der Waals surface area contributed by atoms with E-state index in [1.165, 1.54) is 17.4 Å². The van der Waals surface area contributed by atoms with E-state index in [0.717, 1.165) is 9.21 Å². The summed E-state index contributed by atoms with van der Waals surface area (Å²) in [4.78, 5) is 1.02. The Labute approximate surface area is 102 Å². The fraction of sp³-hybridized carbons (Fsp3) is 0.167. The van der Waals surface area contributed by atoms with Crippen LogP contribution in [0.2, 0.25) is 4.34 Å². The summed E-state index contributed by atoms with van der Waals surface area (Å²) in [6.07, 6.45) is 0. The summed E-state index contributed by atoms with van der Waals surface area (Å²) in [7, 11) is 0. The van der Waals surface area contributed by atoms with Gasteiger partial charge < -0.3 is 4.74 Å². The van der Waals surface area contributed by atoms with Gasteiger partial charge in [0, 0.05) is 10.9 Å². The molecule has 0 aliphatic carbocycles. The van der Waals surface area contributed by atoms with E-state index in [1.807, 2.05) is 12.1 Å². The number of thiophene rings is 1. The Morgan fingerprint density at radius 1 is 1.31 bits per heavy atom. The highest BCUT2D eigenvalue weighted by Gasteiger charge is 2.02. The first-order valence-corrected chi connectivity index (χ1v) is 5.98. The van der Waals surface area contributed by atoms with Crippen LogP contribution in [0.5, 0.6) is 5.75 Å². The number of aryl methyl sites for hydroxylation is 1. The van der Waals surface area contributed by atoms with Gasteiger partial charge in [-0.25, -0.2) is 4.39 Å². The Morgan fingerprint density at radius 2 is 2.12 bits per heavy atom. The third kappa shape index (κ3) is 2.74. The minimum atomic E-state index is -0.248. The van der Waals surface area contributed by atoms with Gasteiger partial charge in [0.05, 0.1) is 4.34 Å². The predicted molar refractivity (Wildman–Crippen MR) is 64.8 cm³/mol. The smallest absolute Gasteiger partial charge is 0.129 e. The molecule has 0 amide bonds. The van der Waals surface area contributed by atoms with E-state index in [4.69, 9.17) is 16.3 Å². The van der Waals surface area contributed by atoms with E-state index < -0.39 is 0 Å².